The number of fused-ring (bicyclic) bond motifs is 1. The lowest BCUT2D eigenvalue weighted by atomic mass is 10.2. The molecule has 0 aliphatic heterocycles. The first-order chi connectivity index (χ1) is 11.9. The van der Waals surface area contributed by atoms with Crippen LogP contribution in [0.5, 0.6) is 0 Å². The number of thioether (sulfide) groups is 1. The number of anilines is 1. The number of aromatic nitrogens is 1. The van der Waals surface area contributed by atoms with Crippen molar-refractivity contribution in [1.82, 2.24) is 4.98 Å². The summed E-state index contributed by atoms with van der Waals surface area (Å²) in [5.74, 6) is -0.250. The second-order valence-electron chi connectivity index (χ2n) is 5.12. The summed E-state index contributed by atoms with van der Waals surface area (Å²) in [6, 6.07) is 11.7. The Labute approximate surface area is 156 Å². The molecule has 0 radical (unpaired) electrons. The number of thiazole rings is 1. The number of hydrogen-bond donors (Lipinski definition) is 1. The molecule has 1 N–H and O–H groups in total. The van der Waals surface area contributed by atoms with E-state index in [1.165, 1.54) is 41.3 Å². The molecular weight excluding hydrogens is 382 g/mol. The number of hydrogen-bond acceptors (Lipinski definition) is 6. The summed E-state index contributed by atoms with van der Waals surface area (Å²) in [4.78, 5) is 27.0. The number of rotatable bonds is 5. The Balaban J connectivity index is 1.69. The fourth-order valence-electron chi connectivity index (χ4n) is 2.06. The molecule has 9 heteroatoms. The number of non-ortho nitro benzene ring substituents is 1. The summed E-state index contributed by atoms with van der Waals surface area (Å²) in [5, 5.41) is 13.1. The first-order valence-corrected chi connectivity index (χ1v) is 9.28. The lowest BCUT2D eigenvalue weighted by Gasteiger charge is -2.11. The highest BCUT2D eigenvalue weighted by molar-refractivity contribution is 8.02. The number of carbonyl (C=O) groups excluding carboxylic acids is 1. The van der Waals surface area contributed by atoms with E-state index in [0.717, 1.165) is 14.6 Å². The summed E-state index contributed by atoms with van der Waals surface area (Å²) in [7, 11) is 0. The highest BCUT2D eigenvalue weighted by Gasteiger charge is 2.19. The first-order valence-electron chi connectivity index (χ1n) is 7.21. The van der Waals surface area contributed by atoms with Crippen molar-refractivity contribution in [3.05, 3.63) is 57.6 Å². The smallest absolute Gasteiger partial charge is 0.271 e. The Morgan fingerprint density at radius 1 is 1.36 bits per heavy atom. The van der Waals surface area contributed by atoms with Crippen LogP contribution in [0.1, 0.15) is 6.92 Å². The van der Waals surface area contributed by atoms with Gasteiger partial charge >= 0.3 is 0 Å². The second-order valence-corrected chi connectivity index (χ2v) is 8.14. The monoisotopic (exact) mass is 393 g/mol. The minimum absolute atomic E-state index is 0.125. The van der Waals surface area contributed by atoms with Gasteiger partial charge in [0.15, 0.2) is 4.34 Å². The minimum atomic E-state index is -0.539. The van der Waals surface area contributed by atoms with Crippen molar-refractivity contribution < 1.29 is 9.72 Å². The predicted molar refractivity (Wildman–Crippen MR) is 102 cm³/mol. The molecule has 0 unspecified atom stereocenters. The number of nitrogens with zero attached hydrogens (tertiary/aromatic N) is 2. The fraction of sp³-hybridized carbons (Fsp3) is 0.125. The average Bonchev–Trinajstić information content (AvgIpc) is 2.98. The van der Waals surface area contributed by atoms with Crippen molar-refractivity contribution in [3.8, 4) is 0 Å². The Morgan fingerprint density at radius 2 is 2.12 bits per heavy atom. The molecule has 1 heterocycles. The molecule has 1 atom stereocenters. The molecule has 6 nitrogen and oxygen atoms in total. The Bertz CT molecular complexity index is 928. The molecule has 3 aromatic rings. The molecule has 0 aliphatic rings. The molecule has 2 aromatic carbocycles. The molecule has 1 aromatic heterocycles. The maximum atomic E-state index is 12.4. The fourth-order valence-corrected chi connectivity index (χ4v) is 4.49. The molecule has 0 spiro atoms. The molecule has 0 aliphatic carbocycles. The van der Waals surface area contributed by atoms with Crippen LogP contribution in [0.15, 0.2) is 46.8 Å². The van der Waals surface area contributed by atoms with Gasteiger partial charge in [0.1, 0.15) is 0 Å². The lowest BCUT2D eigenvalue weighted by Crippen LogP contribution is -2.22. The van der Waals surface area contributed by atoms with Crippen LogP contribution >= 0.6 is 34.7 Å². The molecule has 128 valence electrons. The van der Waals surface area contributed by atoms with Crippen molar-refractivity contribution in [2.24, 2.45) is 0 Å². The van der Waals surface area contributed by atoms with Gasteiger partial charge in [-0.2, -0.15) is 0 Å². The van der Waals surface area contributed by atoms with Gasteiger partial charge in [-0.1, -0.05) is 35.5 Å². The van der Waals surface area contributed by atoms with Crippen LogP contribution in [0.4, 0.5) is 11.4 Å². The van der Waals surface area contributed by atoms with Crippen LogP contribution in [0.3, 0.4) is 0 Å². The zero-order chi connectivity index (χ0) is 18.0. The van der Waals surface area contributed by atoms with E-state index in [2.05, 4.69) is 10.3 Å². The molecule has 0 fully saturated rings. The maximum Gasteiger partial charge on any atom is 0.271 e. The summed E-state index contributed by atoms with van der Waals surface area (Å²) < 4.78 is 1.87. The van der Waals surface area contributed by atoms with Crippen molar-refractivity contribution in [1.29, 1.82) is 0 Å². The SMILES string of the molecule is C[C@@H](Sc1nc2ccccc2s1)C(=O)Nc1ccc([N+](=O)[O-])cc1Cl. The van der Waals surface area contributed by atoms with Crippen LogP contribution in [-0.2, 0) is 4.79 Å². The molecular formula is C16H12ClN3O3S2. The van der Waals surface area contributed by atoms with E-state index in [4.69, 9.17) is 11.6 Å². The lowest BCUT2D eigenvalue weighted by molar-refractivity contribution is -0.384. The number of amides is 1. The van der Waals surface area contributed by atoms with Crippen LogP contribution in [0, 0.1) is 10.1 Å². The highest BCUT2D eigenvalue weighted by atomic mass is 35.5. The number of benzene rings is 2. The second kappa shape index (κ2) is 7.38. The van der Waals surface area contributed by atoms with E-state index in [9.17, 15) is 14.9 Å². The third-order valence-corrected chi connectivity index (χ3v) is 5.89. The number of para-hydroxylation sites is 1. The van der Waals surface area contributed by atoms with E-state index in [-0.39, 0.29) is 16.6 Å². The largest absolute Gasteiger partial charge is 0.324 e. The Morgan fingerprint density at radius 3 is 2.80 bits per heavy atom. The van der Waals surface area contributed by atoms with Crippen molar-refractivity contribution >= 4 is 62.2 Å². The van der Waals surface area contributed by atoms with Crippen molar-refractivity contribution in [2.75, 3.05) is 5.32 Å². The third-order valence-electron chi connectivity index (χ3n) is 3.34. The van der Waals surface area contributed by atoms with Gasteiger partial charge < -0.3 is 5.32 Å². The van der Waals surface area contributed by atoms with Crippen LogP contribution in [0.25, 0.3) is 10.2 Å². The normalized spacial score (nSPS) is 12.1. The third kappa shape index (κ3) is 4.09. The van der Waals surface area contributed by atoms with Gasteiger partial charge in [-0.25, -0.2) is 4.98 Å². The molecule has 1 amide bonds. The van der Waals surface area contributed by atoms with Gasteiger partial charge in [0.2, 0.25) is 5.91 Å². The molecule has 25 heavy (non-hydrogen) atoms. The van der Waals surface area contributed by atoms with Gasteiger partial charge in [0, 0.05) is 12.1 Å². The summed E-state index contributed by atoms with van der Waals surface area (Å²) >= 11 is 8.88. The number of nitrogens with one attached hydrogen (secondary N) is 1. The van der Waals surface area contributed by atoms with E-state index >= 15 is 0 Å². The molecule has 0 saturated carbocycles. The maximum absolute atomic E-state index is 12.4. The topological polar surface area (TPSA) is 85.1 Å². The van der Waals surface area contributed by atoms with Crippen molar-refractivity contribution in [3.63, 3.8) is 0 Å². The van der Waals surface area contributed by atoms with E-state index in [0.29, 0.717) is 5.69 Å². The number of halogens is 1. The molecule has 0 bridgehead atoms. The van der Waals surface area contributed by atoms with Crippen LogP contribution in [0.2, 0.25) is 5.02 Å². The standard InChI is InChI=1S/C16H12ClN3O3S2/c1-9(24-16-19-13-4-2-3-5-14(13)25-16)15(21)18-12-7-6-10(20(22)23)8-11(12)17/h2-9H,1H3,(H,18,21)/t9-/m1/s1. The van der Waals surface area contributed by atoms with E-state index in [1.807, 2.05) is 24.3 Å². The number of nitro groups is 1. The quantitative estimate of drug-likeness (QED) is 0.375. The van der Waals surface area contributed by atoms with Crippen LogP contribution < -0.4 is 5.32 Å². The van der Waals surface area contributed by atoms with Gasteiger partial charge in [0.05, 0.1) is 31.1 Å². The van der Waals surface area contributed by atoms with Crippen molar-refractivity contribution in [2.45, 2.75) is 16.5 Å². The zero-order valence-corrected chi connectivity index (χ0v) is 15.3. The van der Waals surface area contributed by atoms with Crippen LogP contribution in [-0.4, -0.2) is 21.1 Å². The average molecular weight is 394 g/mol. The summed E-state index contributed by atoms with van der Waals surface area (Å²) in [5.41, 5.74) is 1.12. The zero-order valence-electron chi connectivity index (χ0n) is 12.9. The van der Waals surface area contributed by atoms with E-state index in [1.54, 1.807) is 6.92 Å². The minimum Gasteiger partial charge on any atom is -0.324 e. The first kappa shape index (κ1) is 17.7. The molecule has 3 rings (SSSR count). The van der Waals surface area contributed by atoms with E-state index < -0.39 is 10.2 Å². The Hall–Kier alpha value is -2.16. The van der Waals surface area contributed by atoms with Gasteiger partial charge in [-0.3, -0.25) is 14.9 Å². The van der Waals surface area contributed by atoms with Gasteiger partial charge in [0.25, 0.3) is 5.69 Å². The van der Waals surface area contributed by atoms with Gasteiger partial charge in [-0.15, -0.1) is 11.3 Å². The number of nitro benzene ring substituents is 1. The predicted octanol–water partition coefficient (Wildman–Crippen LogP) is 4.98. The Kier molecular flexibility index (Phi) is 5.22. The summed E-state index contributed by atoms with van der Waals surface area (Å²) in [6.45, 7) is 1.77. The molecule has 0 saturated heterocycles. The number of carbonyl (C=O) groups is 1. The summed E-state index contributed by atoms with van der Waals surface area (Å²) in [6.07, 6.45) is 0. The highest BCUT2D eigenvalue weighted by Crippen LogP contribution is 2.33. The van der Waals surface area contributed by atoms with Gasteiger partial charge in [-0.05, 0) is 25.1 Å².